The van der Waals surface area contributed by atoms with Crippen molar-refractivity contribution in [3.05, 3.63) is 63.6 Å². The van der Waals surface area contributed by atoms with Crippen molar-refractivity contribution in [3.8, 4) is 0 Å². The average molecular weight is 471 g/mol. The van der Waals surface area contributed by atoms with Gasteiger partial charge in [-0.2, -0.15) is 0 Å². The Morgan fingerprint density at radius 2 is 1.77 bits per heavy atom. The number of hydrogen-bond acceptors (Lipinski definition) is 4. The lowest BCUT2D eigenvalue weighted by molar-refractivity contribution is -0.118. The molecule has 0 bridgehead atoms. The zero-order chi connectivity index (χ0) is 22.5. The Kier molecular flexibility index (Phi) is 8.29. The Bertz CT molecular complexity index is 1040. The molecule has 6 nitrogen and oxygen atoms in total. The molecule has 0 heterocycles. The number of carbonyl (C=O) groups is 2. The van der Waals surface area contributed by atoms with Crippen LogP contribution in [0.4, 0.5) is 5.69 Å². The van der Waals surface area contributed by atoms with Gasteiger partial charge in [0.05, 0.1) is 16.3 Å². The molecule has 0 saturated carbocycles. The summed E-state index contributed by atoms with van der Waals surface area (Å²) >= 11 is 12.0. The molecule has 1 atom stereocenters. The van der Waals surface area contributed by atoms with Crippen LogP contribution in [0.2, 0.25) is 10.0 Å². The summed E-state index contributed by atoms with van der Waals surface area (Å²) in [4.78, 5) is 25.5. The molecule has 0 spiro atoms. The zero-order valence-corrected chi connectivity index (χ0v) is 19.2. The molecule has 30 heavy (non-hydrogen) atoms. The van der Waals surface area contributed by atoms with E-state index >= 15 is 0 Å². The maximum absolute atomic E-state index is 12.9. The summed E-state index contributed by atoms with van der Waals surface area (Å²) < 4.78 is 23.0. The van der Waals surface area contributed by atoms with Crippen LogP contribution in [-0.2, 0) is 20.4 Å². The lowest BCUT2D eigenvalue weighted by atomic mass is 10.0. The van der Waals surface area contributed by atoms with Crippen LogP contribution in [0, 0.1) is 5.92 Å². The first kappa shape index (κ1) is 24.2. The third-order valence-corrected chi connectivity index (χ3v) is 5.53. The number of benzene rings is 2. The van der Waals surface area contributed by atoms with Crippen molar-refractivity contribution in [1.82, 2.24) is 5.32 Å². The van der Waals surface area contributed by atoms with Gasteiger partial charge in [-0.3, -0.25) is 9.59 Å². The Labute approximate surface area is 186 Å². The summed E-state index contributed by atoms with van der Waals surface area (Å²) in [6.45, 7) is 3.88. The second-order valence-electron chi connectivity index (χ2n) is 7.54. The van der Waals surface area contributed by atoms with E-state index in [0.29, 0.717) is 22.7 Å². The molecule has 1 unspecified atom stereocenters. The quantitative estimate of drug-likeness (QED) is 0.600. The SMILES string of the molecule is CC(C)CC(NC(=O)c1ccc(Cl)cc1Cl)C(=O)Nc1cccc(CS(C)(=O)=O)c1. The highest BCUT2D eigenvalue weighted by atomic mass is 35.5. The molecular weight excluding hydrogens is 447 g/mol. The highest BCUT2D eigenvalue weighted by Crippen LogP contribution is 2.21. The number of hydrogen-bond donors (Lipinski definition) is 2. The monoisotopic (exact) mass is 470 g/mol. The highest BCUT2D eigenvalue weighted by Gasteiger charge is 2.24. The Morgan fingerprint density at radius 3 is 2.37 bits per heavy atom. The second-order valence-corrected chi connectivity index (χ2v) is 10.5. The zero-order valence-electron chi connectivity index (χ0n) is 16.9. The van der Waals surface area contributed by atoms with Crippen LogP contribution in [0.15, 0.2) is 42.5 Å². The van der Waals surface area contributed by atoms with E-state index < -0.39 is 27.7 Å². The molecule has 2 aromatic carbocycles. The molecule has 9 heteroatoms. The topological polar surface area (TPSA) is 92.3 Å². The smallest absolute Gasteiger partial charge is 0.253 e. The van der Waals surface area contributed by atoms with Crippen molar-refractivity contribution in [3.63, 3.8) is 0 Å². The number of nitrogens with one attached hydrogen (secondary N) is 2. The van der Waals surface area contributed by atoms with Gasteiger partial charge in [0, 0.05) is 17.0 Å². The average Bonchev–Trinajstić information content (AvgIpc) is 2.59. The van der Waals surface area contributed by atoms with Gasteiger partial charge < -0.3 is 10.6 Å². The Hall–Kier alpha value is -2.09. The second kappa shape index (κ2) is 10.3. The molecule has 0 aromatic heterocycles. The van der Waals surface area contributed by atoms with E-state index in [-0.39, 0.29) is 22.3 Å². The Balaban J connectivity index is 2.17. The normalized spacial score (nSPS) is 12.5. The Morgan fingerprint density at radius 1 is 1.07 bits per heavy atom. The van der Waals surface area contributed by atoms with Gasteiger partial charge in [0.1, 0.15) is 6.04 Å². The molecule has 0 aliphatic rings. The first-order chi connectivity index (χ1) is 13.9. The molecule has 0 aliphatic carbocycles. The number of rotatable bonds is 8. The fourth-order valence-corrected chi connectivity index (χ4v) is 4.16. The molecule has 2 aromatic rings. The maximum Gasteiger partial charge on any atom is 0.253 e. The summed E-state index contributed by atoms with van der Waals surface area (Å²) in [7, 11) is -3.20. The van der Waals surface area contributed by atoms with Gasteiger partial charge in [-0.05, 0) is 48.2 Å². The van der Waals surface area contributed by atoms with E-state index in [1.165, 1.54) is 12.1 Å². The van der Waals surface area contributed by atoms with Crippen molar-refractivity contribution >= 4 is 50.5 Å². The summed E-state index contributed by atoms with van der Waals surface area (Å²) in [5.74, 6) is -0.877. The lowest BCUT2D eigenvalue weighted by Crippen LogP contribution is -2.44. The molecular formula is C21H24Cl2N2O4S. The van der Waals surface area contributed by atoms with Crippen LogP contribution in [0.1, 0.15) is 36.2 Å². The third-order valence-electron chi connectivity index (χ3n) is 4.13. The van der Waals surface area contributed by atoms with E-state index in [2.05, 4.69) is 10.6 Å². The largest absolute Gasteiger partial charge is 0.340 e. The van der Waals surface area contributed by atoms with Crippen LogP contribution in [-0.4, -0.2) is 32.5 Å². The molecule has 0 saturated heterocycles. The van der Waals surface area contributed by atoms with Crippen molar-refractivity contribution in [1.29, 1.82) is 0 Å². The number of carbonyl (C=O) groups excluding carboxylic acids is 2. The molecule has 2 amide bonds. The van der Waals surface area contributed by atoms with E-state index in [9.17, 15) is 18.0 Å². The van der Waals surface area contributed by atoms with E-state index in [1.807, 2.05) is 13.8 Å². The van der Waals surface area contributed by atoms with Gasteiger partial charge in [-0.1, -0.05) is 49.2 Å². The van der Waals surface area contributed by atoms with Gasteiger partial charge in [0.2, 0.25) is 5.91 Å². The molecule has 0 aliphatic heterocycles. The van der Waals surface area contributed by atoms with Crippen molar-refractivity contribution in [2.45, 2.75) is 32.1 Å². The number of anilines is 1. The predicted molar refractivity (Wildman–Crippen MR) is 121 cm³/mol. The third kappa shape index (κ3) is 7.63. The van der Waals surface area contributed by atoms with Crippen LogP contribution >= 0.6 is 23.2 Å². The lowest BCUT2D eigenvalue weighted by Gasteiger charge is -2.21. The standard InChI is InChI=1S/C21H24Cl2N2O4S/c1-13(2)9-19(25-20(26)17-8-7-15(22)11-18(17)23)21(27)24-16-6-4-5-14(10-16)12-30(3,28)29/h4-8,10-11,13,19H,9,12H2,1-3H3,(H,24,27)(H,25,26). The molecule has 162 valence electrons. The van der Waals surface area contributed by atoms with Gasteiger partial charge in [-0.25, -0.2) is 8.42 Å². The summed E-state index contributed by atoms with van der Waals surface area (Å²) in [6, 6.07) is 10.3. The number of halogens is 2. The van der Waals surface area contributed by atoms with Crippen molar-refractivity contribution in [2.24, 2.45) is 5.92 Å². The van der Waals surface area contributed by atoms with Gasteiger partial charge in [-0.15, -0.1) is 0 Å². The van der Waals surface area contributed by atoms with Crippen LogP contribution in [0.3, 0.4) is 0 Å². The van der Waals surface area contributed by atoms with Crippen molar-refractivity contribution in [2.75, 3.05) is 11.6 Å². The first-order valence-electron chi connectivity index (χ1n) is 9.28. The fraction of sp³-hybridized carbons (Fsp3) is 0.333. The summed E-state index contributed by atoms with van der Waals surface area (Å²) in [6.07, 6.45) is 1.56. The van der Waals surface area contributed by atoms with Crippen LogP contribution < -0.4 is 10.6 Å². The first-order valence-corrected chi connectivity index (χ1v) is 12.1. The fourth-order valence-electron chi connectivity index (χ4n) is 2.88. The highest BCUT2D eigenvalue weighted by molar-refractivity contribution is 7.89. The van der Waals surface area contributed by atoms with Crippen LogP contribution in [0.5, 0.6) is 0 Å². The minimum atomic E-state index is -3.20. The molecule has 0 fully saturated rings. The molecule has 2 N–H and O–H groups in total. The molecule has 0 radical (unpaired) electrons. The van der Waals surface area contributed by atoms with E-state index in [0.717, 1.165) is 6.26 Å². The number of sulfone groups is 1. The van der Waals surface area contributed by atoms with Crippen molar-refractivity contribution < 1.29 is 18.0 Å². The minimum absolute atomic E-state index is 0.127. The van der Waals surface area contributed by atoms with Gasteiger partial charge in [0.15, 0.2) is 9.84 Å². The predicted octanol–water partition coefficient (Wildman–Crippen LogP) is 4.32. The van der Waals surface area contributed by atoms with Crippen LogP contribution in [0.25, 0.3) is 0 Å². The minimum Gasteiger partial charge on any atom is -0.340 e. The van der Waals surface area contributed by atoms with E-state index in [4.69, 9.17) is 23.2 Å². The summed E-state index contributed by atoms with van der Waals surface area (Å²) in [5, 5.41) is 6.07. The van der Waals surface area contributed by atoms with Gasteiger partial charge in [0.25, 0.3) is 5.91 Å². The van der Waals surface area contributed by atoms with E-state index in [1.54, 1.807) is 30.3 Å². The summed E-state index contributed by atoms with van der Waals surface area (Å²) in [5.41, 5.74) is 1.24. The maximum atomic E-state index is 12.9. The number of amides is 2. The van der Waals surface area contributed by atoms with Gasteiger partial charge >= 0.3 is 0 Å². The molecule has 2 rings (SSSR count).